The van der Waals surface area contributed by atoms with E-state index in [1.165, 1.54) is 24.8 Å². The van der Waals surface area contributed by atoms with Crippen LogP contribution in [0.2, 0.25) is 0 Å². The molecule has 72 valence electrons. The molecule has 1 N–H and O–H groups in total. The van der Waals surface area contributed by atoms with Crippen LogP contribution in [0.5, 0.6) is 0 Å². The van der Waals surface area contributed by atoms with Crippen molar-refractivity contribution in [2.75, 3.05) is 6.54 Å². The molecule has 0 saturated carbocycles. The van der Waals surface area contributed by atoms with E-state index < -0.39 is 0 Å². The molecule has 1 aliphatic rings. The summed E-state index contributed by atoms with van der Waals surface area (Å²) in [6.07, 6.45) is 3.75. The Hall–Kier alpha value is -1.33. The topological polar surface area (TPSA) is 35.8 Å². The summed E-state index contributed by atoms with van der Waals surface area (Å²) in [5.74, 6) is 0. The first kappa shape index (κ1) is 9.23. The molecule has 0 aromatic heterocycles. The highest BCUT2D eigenvalue weighted by Crippen LogP contribution is 2.23. The van der Waals surface area contributed by atoms with Crippen molar-refractivity contribution in [3.63, 3.8) is 0 Å². The van der Waals surface area contributed by atoms with Gasteiger partial charge in [0.2, 0.25) is 0 Å². The first-order chi connectivity index (χ1) is 6.90. The average molecular weight is 186 g/mol. The van der Waals surface area contributed by atoms with Crippen LogP contribution in [0.3, 0.4) is 0 Å². The van der Waals surface area contributed by atoms with Crippen LogP contribution in [0.15, 0.2) is 24.3 Å². The molecule has 1 fully saturated rings. The van der Waals surface area contributed by atoms with Gasteiger partial charge in [0.15, 0.2) is 0 Å². The molecule has 1 aromatic carbocycles. The zero-order chi connectivity index (χ0) is 9.80. The Labute approximate surface area is 84.6 Å². The Kier molecular flexibility index (Phi) is 2.81. The third kappa shape index (κ3) is 1.94. The molecule has 1 atom stereocenters. The van der Waals surface area contributed by atoms with Crippen LogP contribution in [-0.4, -0.2) is 6.54 Å². The van der Waals surface area contributed by atoms with Crippen molar-refractivity contribution in [1.82, 2.24) is 5.32 Å². The summed E-state index contributed by atoms with van der Waals surface area (Å²) in [4.78, 5) is 0. The Balaban J connectivity index is 2.18. The molecule has 1 heterocycles. The summed E-state index contributed by atoms with van der Waals surface area (Å²) in [6.45, 7) is 1.10. The minimum Gasteiger partial charge on any atom is -0.310 e. The Morgan fingerprint density at radius 1 is 1.36 bits per heavy atom. The molecule has 0 bridgehead atoms. The van der Waals surface area contributed by atoms with Crippen LogP contribution in [0.4, 0.5) is 0 Å². The molecule has 1 aliphatic heterocycles. The molecule has 1 saturated heterocycles. The molecule has 0 amide bonds. The van der Waals surface area contributed by atoms with Crippen molar-refractivity contribution < 1.29 is 0 Å². The number of rotatable bonds is 1. The fourth-order valence-corrected chi connectivity index (χ4v) is 1.96. The Morgan fingerprint density at radius 2 is 2.29 bits per heavy atom. The highest BCUT2D eigenvalue weighted by atomic mass is 14.9. The van der Waals surface area contributed by atoms with Crippen LogP contribution < -0.4 is 5.32 Å². The Morgan fingerprint density at radius 3 is 3.00 bits per heavy atom. The standard InChI is InChI=1S/C12H14N2/c13-9-10-4-3-5-11(8-10)12-6-1-2-7-14-12/h3-5,8,12,14H,1-2,6-7H2/t12-/m0/s1. The second-order valence-corrected chi connectivity index (χ2v) is 3.74. The van der Waals surface area contributed by atoms with E-state index in [0.29, 0.717) is 6.04 Å². The maximum Gasteiger partial charge on any atom is 0.0991 e. The lowest BCUT2D eigenvalue weighted by molar-refractivity contribution is 0.412. The van der Waals surface area contributed by atoms with Crippen LogP contribution in [-0.2, 0) is 0 Å². The summed E-state index contributed by atoms with van der Waals surface area (Å²) < 4.78 is 0. The van der Waals surface area contributed by atoms with Gasteiger partial charge in [0, 0.05) is 6.04 Å². The second-order valence-electron chi connectivity index (χ2n) is 3.74. The van der Waals surface area contributed by atoms with Gasteiger partial charge >= 0.3 is 0 Å². The first-order valence-corrected chi connectivity index (χ1v) is 5.13. The molecular weight excluding hydrogens is 172 g/mol. The maximum atomic E-state index is 8.79. The van der Waals surface area contributed by atoms with E-state index in [4.69, 9.17) is 5.26 Å². The number of nitriles is 1. The monoisotopic (exact) mass is 186 g/mol. The van der Waals surface area contributed by atoms with Crippen LogP contribution in [0.25, 0.3) is 0 Å². The van der Waals surface area contributed by atoms with Crippen molar-refractivity contribution in [1.29, 1.82) is 5.26 Å². The van der Waals surface area contributed by atoms with Gasteiger partial charge in [-0.3, -0.25) is 0 Å². The zero-order valence-corrected chi connectivity index (χ0v) is 8.16. The van der Waals surface area contributed by atoms with Crippen molar-refractivity contribution in [3.8, 4) is 6.07 Å². The highest BCUT2D eigenvalue weighted by molar-refractivity contribution is 5.34. The number of hydrogen-bond acceptors (Lipinski definition) is 2. The molecule has 0 unspecified atom stereocenters. The van der Waals surface area contributed by atoms with E-state index in [2.05, 4.69) is 17.5 Å². The number of piperidine rings is 1. The fourth-order valence-electron chi connectivity index (χ4n) is 1.96. The third-order valence-electron chi connectivity index (χ3n) is 2.73. The van der Waals surface area contributed by atoms with Crippen LogP contribution >= 0.6 is 0 Å². The molecule has 14 heavy (non-hydrogen) atoms. The molecule has 0 aliphatic carbocycles. The third-order valence-corrected chi connectivity index (χ3v) is 2.73. The lowest BCUT2D eigenvalue weighted by Gasteiger charge is -2.23. The van der Waals surface area contributed by atoms with E-state index in [0.717, 1.165) is 12.1 Å². The normalized spacial score (nSPS) is 21.5. The molecule has 2 nitrogen and oxygen atoms in total. The average Bonchev–Trinajstić information content (AvgIpc) is 2.30. The van der Waals surface area contributed by atoms with Gasteiger partial charge in [-0.1, -0.05) is 18.6 Å². The van der Waals surface area contributed by atoms with E-state index in [1.54, 1.807) is 0 Å². The predicted octanol–water partition coefficient (Wildman–Crippen LogP) is 2.37. The molecule has 2 heteroatoms. The van der Waals surface area contributed by atoms with Crippen molar-refractivity contribution >= 4 is 0 Å². The van der Waals surface area contributed by atoms with Gasteiger partial charge in [-0.25, -0.2) is 0 Å². The van der Waals surface area contributed by atoms with E-state index >= 15 is 0 Å². The second kappa shape index (κ2) is 4.26. The summed E-state index contributed by atoms with van der Waals surface area (Å²) in [7, 11) is 0. The summed E-state index contributed by atoms with van der Waals surface area (Å²) in [5, 5.41) is 12.3. The number of nitrogens with one attached hydrogen (secondary N) is 1. The Bertz CT molecular complexity index is 346. The van der Waals surface area contributed by atoms with Gasteiger partial charge in [-0.15, -0.1) is 0 Å². The predicted molar refractivity (Wildman–Crippen MR) is 55.8 cm³/mol. The molecule has 1 aromatic rings. The molecule has 0 spiro atoms. The van der Waals surface area contributed by atoms with Gasteiger partial charge in [0.05, 0.1) is 11.6 Å². The lowest BCUT2D eigenvalue weighted by atomic mass is 9.96. The zero-order valence-electron chi connectivity index (χ0n) is 8.16. The van der Waals surface area contributed by atoms with Crippen molar-refractivity contribution in [3.05, 3.63) is 35.4 Å². The van der Waals surface area contributed by atoms with Gasteiger partial charge in [0.1, 0.15) is 0 Å². The summed E-state index contributed by atoms with van der Waals surface area (Å²) >= 11 is 0. The van der Waals surface area contributed by atoms with Gasteiger partial charge in [0.25, 0.3) is 0 Å². The molecular formula is C12H14N2. The smallest absolute Gasteiger partial charge is 0.0991 e. The van der Waals surface area contributed by atoms with Crippen molar-refractivity contribution in [2.45, 2.75) is 25.3 Å². The lowest BCUT2D eigenvalue weighted by Crippen LogP contribution is -2.26. The molecule has 2 rings (SSSR count). The van der Waals surface area contributed by atoms with E-state index in [-0.39, 0.29) is 0 Å². The SMILES string of the molecule is N#Cc1cccc([C@@H]2CCCCN2)c1. The van der Waals surface area contributed by atoms with E-state index in [9.17, 15) is 0 Å². The van der Waals surface area contributed by atoms with Gasteiger partial charge < -0.3 is 5.32 Å². The maximum absolute atomic E-state index is 8.79. The summed E-state index contributed by atoms with van der Waals surface area (Å²) in [5.41, 5.74) is 2.01. The van der Waals surface area contributed by atoms with Crippen LogP contribution in [0.1, 0.15) is 36.4 Å². The number of hydrogen-bond donors (Lipinski definition) is 1. The largest absolute Gasteiger partial charge is 0.310 e. The minimum atomic E-state index is 0.456. The minimum absolute atomic E-state index is 0.456. The summed E-state index contributed by atoms with van der Waals surface area (Å²) in [6, 6.07) is 10.5. The van der Waals surface area contributed by atoms with Gasteiger partial charge in [-0.05, 0) is 37.1 Å². The van der Waals surface area contributed by atoms with Crippen molar-refractivity contribution in [2.24, 2.45) is 0 Å². The highest BCUT2D eigenvalue weighted by Gasteiger charge is 2.14. The number of nitrogens with zero attached hydrogens (tertiary/aromatic N) is 1. The van der Waals surface area contributed by atoms with E-state index in [1.807, 2.05) is 18.2 Å². The number of benzene rings is 1. The molecule has 0 radical (unpaired) electrons. The first-order valence-electron chi connectivity index (χ1n) is 5.13. The van der Waals surface area contributed by atoms with Crippen LogP contribution in [0, 0.1) is 11.3 Å². The fraction of sp³-hybridized carbons (Fsp3) is 0.417. The van der Waals surface area contributed by atoms with Gasteiger partial charge in [-0.2, -0.15) is 5.26 Å². The quantitative estimate of drug-likeness (QED) is 0.731.